The largest absolute Gasteiger partial charge is 0.147 e. The maximum Gasteiger partial charge on any atom is -0.147 e. The van der Waals surface area contributed by atoms with Gasteiger partial charge in [-0.3, -0.25) is 0 Å². The van der Waals surface area contributed by atoms with E-state index in [-0.39, 0.29) is 34.0 Å². The van der Waals surface area contributed by atoms with Crippen molar-refractivity contribution < 1.29 is 33.5 Å². The van der Waals surface area contributed by atoms with Gasteiger partial charge in [-0.25, -0.2) is 0 Å². The predicted octanol–water partition coefficient (Wildman–Crippen LogP) is 8.56. The first-order valence-corrected chi connectivity index (χ1v) is 19.5. The summed E-state index contributed by atoms with van der Waals surface area (Å²) in [6, 6.07) is 10.5. The Morgan fingerprint density at radius 1 is 0.818 bits per heavy atom. The Hall–Kier alpha value is -0.870. The van der Waals surface area contributed by atoms with E-state index in [2.05, 4.69) is 52.9 Å². The Kier molecular flexibility index (Phi) is 9.29. The third-order valence-electron chi connectivity index (χ3n) is 7.03. The SMILES string of the molecule is CC1=C(C)C(C)[C]([Zr]([CH]2C=C(c3ccc(F)c(F)c3F)c3ccccc32)=[Si](C)C)=C1C.Cl.Cl. The molecular weight excluding hydrogens is 559 g/mol. The predicted molar refractivity (Wildman–Crippen MR) is 135 cm³/mol. The van der Waals surface area contributed by atoms with E-state index in [1.807, 2.05) is 18.2 Å². The molecule has 2 aromatic rings. The molecule has 0 fully saturated rings. The second-order valence-electron chi connectivity index (χ2n) is 8.85. The summed E-state index contributed by atoms with van der Waals surface area (Å²) >= 11 is -2.22. The molecule has 0 aromatic heterocycles. The minimum atomic E-state index is -2.22. The molecule has 0 amide bonds. The molecule has 7 heteroatoms. The standard InChI is InChI=1S/C15H8F3.C9H13.C2H6Si.2ClH.Zr/c16-13-8-7-12(14(17)15(13)18)11-6-5-9-3-1-2-4-10(9)11;1-6-5-7(2)9(4)8(6)3;1-3-2;;;/h1-8H;6H,1-4H3;1-2H3;2*1H;. The fourth-order valence-electron chi connectivity index (χ4n) is 5.11. The van der Waals surface area contributed by atoms with E-state index in [1.54, 1.807) is 3.28 Å². The minimum absolute atomic E-state index is 0. The molecule has 176 valence electrons. The van der Waals surface area contributed by atoms with Crippen molar-refractivity contribution >= 4 is 35.8 Å². The van der Waals surface area contributed by atoms with Crippen LogP contribution in [0.15, 0.2) is 62.5 Å². The molecule has 2 atom stereocenters. The molecule has 2 aliphatic carbocycles. The first-order valence-electron chi connectivity index (χ1n) is 10.7. The molecule has 0 saturated heterocycles. The second-order valence-corrected chi connectivity index (χ2v) is 26.3. The van der Waals surface area contributed by atoms with Gasteiger partial charge in [0.2, 0.25) is 0 Å². The Labute approximate surface area is 215 Å². The molecule has 0 spiro atoms. The maximum atomic E-state index is 14.8. The number of benzene rings is 2. The minimum Gasteiger partial charge on any atom is -0.147 e. The van der Waals surface area contributed by atoms with E-state index in [4.69, 9.17) is 0 Å². The van der Waals surface area contributed by atoms with E-state index in [0.29, 0.717) is 11.5 Å². The zero-order valence-electron chi connectivity index (χ0n) is 19.6. The Morgan fingerprint density at radius 2 is 1.45 bits per heavy atom. The van der Waals surface area contributed by atoms with Crippen LogP contribution in [-0.4, -0.2) is 5.43 Å². The third kappa shape index (κ3) is 4.68. The van der Waals surface area contributed by atoms with Crippen LogP contribution in [-0.2, 0) is 20.4 Å². The van der Waals surface area contributed by atoms with Gasteiger partial charge in [-0.15, -0.1) is 24.8 Å². The van der Waals surface area contributed by atoms with E-state index >= 15 is 0 Å². The molecular formula is C26H29Cl2F3SiZr. The van der Waals surface area contributed by atoms with Gasteiger partial charge in [-0.1, -0.05) is 0 Å². The van der Waals surface area contributed by atoms with Gasteiger partial charge < -0.3 is 0 Å². The Bertz CT molecular complexity index is 1240. The summed E-state index contributed by atoms with van der Waals surface area (Å²) in [6.07, 6.45) is 2.18. The number of fused-ring (bicyclic) bond motifs is 1. The third-order valence-corrected chi connectivity index (χ3v) is 25.6. The van der Waals surface area contributed by atoms with Crippen molar-refractivity contribution in [2.45, 2.75) is 44.4 Å². The second kappa shape index (κ2) is 10.8. The molecule has 0 saturated carbocycles. The van der Waals surface area contributed by atoms with Gasteiger partial charge in [0.1, 0.15) is 0 Å². The molecule has 0 bridgehead atoms. The summed E-state index contributed by atoms with van der Waals surface area (Å²) < 4.78 is 44.4. The van der Waals surface area contributed by atoms with Crippen LogP contribution in [0.25, 0.3) is 5.57 Å². The van der Waals surface area contributed by atoms with Gasteiger partial charge in [0.15, 0.2) is 0 Å². The zero-order valence-corrected chi connectivity index (χ0v) is 24.7. The van der Waals surface area contributed by atoms with Crippen molar-refractivity contribution in [3.8, 4) is 0 Å². The number of hydrogen-bond donors (Lipinski definition) is 0. The summed E-state index contributed by atoms with van der Waals surface area (Å²) in [7, 11) is 0. The van der Waals surface area contributed by atoms with Crippen molar-refractivity contribution in [3.05, 3.63) is 96.6 Å². The summed E-state index contributed by atoms with van der Waals surface area (Å²) in [5, 5.41) is 0. The van der Waals surface area contributed by atoms with Gasteiger partial charge >= 0.3 is 191 Å². The van der Waals surface area contributed by atoms with Crippen LogP contribution >= 0.6 is 24.8 Å². The molecule has 4 rings (SSSR count). The first-order chi connectivity index (χ1) is 14.6. The van der Waals surface area contributed by atoms with Crippen LogP contribution in [0.4, 0.5) is 13.2 Å². The molecule has 33 heavy (non-hydrogen) atoms. The smallest absolute Gasteiger partial charge is 0.147 e. The Balaban J connectivity index is 0.00000193. The van der Waals surface area contributed by atoms with Crippen molar-refractivity contribution in [2.24, 2.45) is 5.92 Å². The number of halogens is 5. The zero-order chi connectivity index (χ0) is 22.6. The average Bonchev–Trinajstić information content (AvgIpc) is 3.20. The summed E-state index contributed by atoms with van der Waals surface area (Å²) in [6.45, 7) is 13.9. The summed E-state index contributed by atoms with van der Waals surface area (Å²) in [4.78, 5) is 0. The molecule has 0 aliphatic heterocycles. The summed E-state index contributed by atoms with van der Waals surface area (Å²) in [5.74, 6) is -3.17. The van der Waals surface area contributed by atoms with Gasteiger partial charge in [0.05, 0.1) is 0 Å². The van der Waals surface area contributed by atoms with Gasteiger partial charge in [0, 0.05) is 0 Å². The van der Waals surface area contributed by atoms with Crippen molar-refractivity contribution in [2.75, 3.05) is 0 Å². The van der Waals surface area contributed by atoms with Crippen LogP contribution < -0.4 is 0 Å². The van der Waals surface area contributed by atoms with Crippen LogP contribution in [0, 0.1) is 23.4 Å². The van der Waals surface area contributed by atoms with E-state index in [1.165, 1.54) is 28.3 Å². The number of hydrogen-bond acceptors (Lipinski definition) is 0. The molecule has 0 N–H and O–H groups in total. The maximum absolute atomic E-state index is 14.8. The van der Waals surface area contributed by atoms with Gasteiger partial charge in [-0.05, 0) is 0 Å². The number of rotatable bonds is 3. The summed E-state index contributed by atoms with van der Waals surface area (Å²) in [5.41, 5.74) is 6.84. The normalized spacial score (nSPS) is 19.1. The van der Waals surface area contributed by atoms with Crippen LogP contribution in [0.3, 0.4) is 0 Å². The molecule has 2 aliphatic rings. The fourth-order valence-corrected chi connectivity index (χ4v) is 24.8. The molecule has 2 unspecified atom stereocenters. The van der Waals surface area contributed by atoms with E-state index < -0.39 is 43.3 Å². The molecule has 2 aromatic carbocycles. The average molecular weight is 589 g/mol. The fraction of sp³-hybridized carbons (Fsp3) is 0.308. The van der Waals surface area contributed by atoms with Crippen molar-refractivity contribution in [1.82, 2.24) is 0 Å². The van der Waals surface area contributed by atoms with Crippen LogP contribution in [0.2, 0.25) is 13.1 Å². The van der Waals surface area contributed by atoms with E-state index in [0.717, 1.165) is 11.6 Å². The Morgan fingerprint density at radius 3 is 2.03 bits per heavy atom. The molecule has 0 heterocycles. The monoisotopic (exact) mass is 586 g/mol. The van der Waals surface area contributed by atoms with Gasteiger partial charge in [0.25, 0.3) is 0 Å². The van der Waals surface area contributed by atoms with E-state index in [9.17, 15) is 13.2 Å². The first kappa shape index (κ1) is 28.4. The quantitative estimate of drug-likeness (QED) is 0.249. The molecule has 0 nitrogen and oxygen atoms in total. The molecule has 0 radical (unpaired) electrons. The topological polar surface area (TPSA) is 0 Å². The van der Waals surface area contributed by atoms with Gasteiger partial charge in [-0.2, -0.15) is 0 Å². The van der Waals surface area contributed by atoms with Crippen molar-refractivity contribution in [1.29, 1.82) is 0 Å². The van der Waals surface area contributed by atoms with Crippen LogP contribution in [0.5, 0.6) is 0 Å². The number of allylic oxidation sites excluding steroid dienone is 5. The van der Waals surface area contributed by atoms with Crippen molar-refractivity contribution in [3.63, 3.8) is 0 Å². The van der Waals surface area contributed by atoms with Crippen LogP contribution in [0.1, 0.15) is 48.0 Å².